The number of thiazole rings is 1. The molecule has 7 heteroatoms. The summed E-state index contributed by atoms with van der Waals surface area (Å²) in [6.07, 6.45) is 2.81. The lowest BCUT2D eigenvalue weighted by molar-refractivity contribution is 0.443. The van der Waals surface area contributed by atoms with Crippen molar-refractivity contribution in [1.29, 1.82) is 0 Å². The first-order valence-electron chi connectivity index (χ1n) is 8.45. The number of aryl methyl sites for hydroxylation is 1. The van der Waals surface area contributed by atoms with Crippen LogP contribution in [0.2, 0.25) is 0 Å². The molecule has 0 saturated carbocycles. The lowest BCUT2D eigenvalue weighted by Gasteiger charge is -2.25. The Balaban J connectivity index is 1.65. The van der Waals surface area contributed by atoms with Gasteiger partial charge in [0.1, 0.15) is 11.5 Å². The number of nitrogens with zero attached hydrogens (tertiary/aromatic N) is 1. The Bertz CT molecular complexity index is 1110. The molecule has 1 atom stereocenters. The van der Waals surface area contributed by atoms with Crippen molar-refractivity contribution < 1.29 is 9.84 Å². The summed E-state index contributed by atoms with van der Waals surface area (Å²) < 4.78 is 6.72. The van der Waals surface area contributed by atoms with Gasteiger partial charge in [0.15, 0.2) is 5.69 Å². The molecule has 0 spiro atoms. The highest BCUT2D eigenvalue weighted by Crippen LogP contribution is 2.42. The van der Waals surface area contributed by atoms with Gasteiger partial charge in [0.2, 0.25) is 5.88 Å². The summed E-state index contributed by atoms with van der Waals surface area (Å²) in [5.41, 5.74) is 2.84. The van der Waals surface area contributed by atoms with E-state index in [2.05, 4.69) is 25.8 Å². The number of aromatic nitrogens is 1. The van der Waals surface area contributed by atoms with Crippen LogP contribution in [-0.2, 0) is 6.42 Å². The smallest absolute Gasteiger partial charge is 0.307 e. The third kappa shape index (κ3) is 3.51. The highest BCUT2D eigenvalue weighted by Gasteiger charge is 2.26. The Morgan fingerprint density at radius 1 is 1.30 bits per heavy atom. The number of halogens is 1. The molecule has 136 valence electrons. The number of H-pyrrole nitrogens is 1. The van der Waals surface area contributed by atoms with E-state index < -0.39 is 0 Å². The molecule has 1 aliphatic carbocycles. The molecule has 27 heavy (non-hydrogen) atoms. The fourth-order valence-corrected chi connectivity index (χ4v) is 4.79. The van der Waals surface area contributed by atoms with Crippen LogP contribution < -0.4 is 9.61 Å². The maximum absolute atomic E-state index is 11.6. The van der Waals surface area contributed by atoms with Gasteiger partial charge in [0.25, 0.3) is 0 Å². The van der Waals surface area contributed by atoms with Crippen LogP contribution in [0.15, 0.2) is 45.7 Å². The van der Waals surface area contributed by atoms with Crippen LogP contribution in [0.1, 0.15) is 34.8 Å². The maximum atomic E-state index is 11.6. The molecule has 0 saturated heterocycles. The predicted molar refractivity (Wildman–Crippen MR) is 108 cm³/mol. The van der Waals surface area contributed by atoms with Crippen molar-refractivity contribution in [3.05, 3.63) is 78.0 Å². The minimum atomic E-state index is -0.234. The van der Waals surface area contributed by atoms with E-state index in [4.69, 9.17) is 11.3 Å². The summed E-state index contributed by atoms with van der Waals surface area (Å²) in [7, 11) is 0. The molecule has 0 bridgehead atoms. The number of benzene rings is 2. The van der Waals surface area contributed by atoms with Crippen LogP contribution in [0.25, 0.3) is 4.85 Å². The third-order valence-corrected chi connectivity index (χ3v) is 6.28. The van der Waals surface area contributed by atoms with Crippen LogP contribution in [-0.4, -0.2) is 10.1 Å². The van der Waals surface area contributed by atoms with Gasteiger partial charge in [-0.25, -0.2) is 4.85 Å². The molecule has 2 N–H and O–H groups in total. The molecule has 4 rings (SSSR count). The molecule has 5 nitrogen and oxygen atoms in total. The molecule has 1 aliphatic rings. The van der Waals surface area contributed by atoms with Crippen molar-refractivity contribution >= 4 is 33.0 Å². The Morgan fingerprint density at radius 2 is 2.15 bits per heavy atom. The van der Waals surface area contributed by atoms with E-state index in [-0.39, 0.29) is 16.7 Å². The van der Waals surface area contributed by atoms with Crippen molar-refractivity contribution in [2.45, 2.75) is 25.2 Å². The van der Waals surface area contributed by atoms with Crippen molar-refractivity contribution in [3.63, 3.8) is 0 Å². The Hall–Kier alpha value is -2.56. The van der Waals surface area contributed by atoms with E-state index >= 15 is 0 Å². The molecule has 0 unspecified atom stereocenters. The monoisotopic (exact) mass is 442 g/mol. The average molecular weight is 443 g/mol. The van der Waals surface area contributed by atoms with Crippen LogP contribution in [0.5, 0.6) is 17.4 Å². The summed E-state index contributed by atoms with van der Waals surface area (Å²) in [6.45, 7) is 7.07. The van der Waals surface area contributed by atoms with E-state index in [9.17, 15) is 9.90 Å². The fourth-order valence-electron chi connectivity index (χ4n) is 3.46. The molecule has 0 fully saturated rings. The van der Waals surface area contributed by atoms with E-state index in [1.807, 2.05) is 18.2 Å². The van der Waals surface area contributed by atoms with Gasteiger partial charge in [0.05, 0.1) is 11.4 Å². The SMILES string of the molecule is [C-]#[N+]c1ccc(Oc2ccc3c(c2)CCC[C@H]3c2sc(=O)[nH]c2O)c(Br)c1. The first-order chi connectivity index (χ1) is 13.0. The van der Waals surface area contributed by atoms with Crippen molar-refractivity contribution in [3.8, 4) is 17.4 Å². The molecular formula is C20H15BrN2O3S. The molecule has 0 aliphatic heterocycles. The quantitative estimate of drug-likeness (QED) is 0.509. The van der Waals surface area contributed by atoms with Crippen LogP contribution in [0, 0.1) is 6.57 Å². The highest BCUT2D eigenvalue weighted by atomic mass is 79.9. The standard InChI is InChI=1S/C20H15BrN2O3S/c1-22-12-5-8-17(16(21)10-12)26-13-6-7-14-11(9-13)3-2-4-15(14)18-19(24)23-20(25)27-18/h5-10,15,24H,2-4H2,(H,23,25)/t15-/m1/s1. The number of hydrogen-bond acceptors (Lipinski definition) is 4. The van der Waals surface area contributed by atoms with Gasteiger partial charge in [-0.3, -0.25) is 9.78 Å². The van der Waals surface area contributed by atoms with Gasteiger partial charge < -0.3 is 9.84 Å². The minimum Gasteiger partial charge on any atom is -0.494 e. The number of nitrogens with one attached hydrogen (secondary N) is 1. The molecule has 1 aromatic heterocycles. The van der Waals surface area contributed by atoms with Gasteiger partial charge >= 0.3 is 4.87 Å². The van der Waals surface area contributed by atoms with Gasteiger partial charge in [-0.15, -0.1) is 0 Å². The predicted octanol–water partition coefficient (Wildman–Crippen LogP) is 5.72. The molecule has 0 radical (unpaired) electrons. The molecule has 1 heterocycles. The summed E-state index contributed by atoms with van der Waals surface area (Å²) >= 11 is 4.52. The highest BCUT2D eigenvalue weighted by molar-refractivity contribution is 9.10. The second-order valence-corrected chi connectivity index (χ2v) is 8.23. The third-order valence-electron chi connectivity index (χ3n) is 4.67. The van der Waals surface area contributed by atoms with Crippen molar-refractivity contribution in [2.24, 2.45) is 0 Å². The van der Waals surface area contributed by atoms with Crippen molar-refractivity contribution in [2.75, 3.05) is 0 Å². The Morgan fingerprint density at radius 3 is 2.85 bits per heavy atom. The minimum absolute atomic E-state index is 0.0213. The topological polar surface area (TPSA) is 66.7 Å². The second kappa shape index (κ2) is 7.22. The fraction of sp³-hybridized carbons (Fsp3) is 0.200. The normalized spacial score (nSPS) is 15.8. The van der Waals surface area contributed by atoms with Gasteiger partial charge in [-0.05, 0) is 70.6 Å². The zero-order chi connectivity index (χ0) is 19.0. The number of aromatic hydroxyl groups is 1. The summed E-state index contributed by atoms with van der Waals surface area (Å²) in [6, 6.07) is 11.2. The largest absolute Gasteiger partial charge is 0.494 e. The van der Waals surface area contributed by atoms with Crippen LogP contribution in [0.3, 0.4) is 0 Å². The Kier molecular flexibility index (Phi) is 4.77. The van der Waals surface area contributed by atoms with E-state index in [1.165, 1.54) is 0 Å². The molecule has 0 amide bonds. The number of aromatic amines is 1. The van der Waals surface area contributed by atoms with Crippen molar-refractivity contribution in [1.82, 2.24) is 4.98 Å². The summed E-state index contributed by atoms with van der Waals surface area (Å²) in [5, 5.41) is 10.0. The van der Waals surface area contributed by atoms with Gasteiger partial charge in [-0.1, -0.05) is 23.5 Å². The number of ether oxygens (including phenoxy) is 1. The zero-order valence-electron chi connectivity index (χ0n) is 14.2. The van der Waals surface area contributed by atoms with E-state index in [0.717, 1.165) is 51.9 Å². The summed E-state index contributed by atoms with van der Waals surface area (Å²) in [4.78, 5) is 17.9. The number of rotatable bonds is 3. The second-order valence-electron chi connectivity index (χ2n) is 6.36. The average Bonchev–Trinajstić information content (AvgIpc) is 3.00. The Labute approximate surface area is 168 Å². The number of hydrogen-bond donors (Lipinski definition) is 2. The molecule has 2 aromatic carbocycles. The molecule has 3 aromatic rings. The summed E-state index contributed by atoms with van der Waals surface area (Å²) in [5.74, 6) is 1.37. The van der Waals surface area contributed by atoms with E-state index in [1.54, 1.807) is 18.2 Å². The van der Waals surface area contributed by atoms with Gasteiger partial charge in [0, 0.05) is 10.4 Å². The lowest BCUT2D eigenvalue weighted by Crippen LogP contribution is -2.10. The lowest BCUT2D eigenvalue weighted by atomic mass is 9.82. The van der Waals surface area contributed by atoms with E-state index in [0.29, 0.717) is 16.3 Å². The van der Waals surface area contributed by atoms with Gasteiger partial charge in [-0.2, -0.15) is 0 Å². The zero-order valence-corrected chi connectivity index (χ0v) is 16.6. The first kappa shape index (κ1) is 17.8. The number of fused-ring (bicyclic) bond motifs is 1. The maximum Gasteiger partial charge on any atom is 0.307 e. The van der Waals surface area contributed by atoms with Crippen LogP contribution >= 0.6 is 27.3 Å². The van der Waals surface area contributed by atoms with Crippen LogP contribution in [0.4, 0.5) is 5.69 Å². The molecular weight excluding hydrogens is 428 g/mol. The first-order valence-corrected chi connectivity index (χ1v) is 10.1.